The number of nitrogens with one attached hydrogen (secondary N) is 1. The van der Waals surface area contributed by atoms with Gasteiger partial charge in [-0.3, -0.25) is 0 Å². The molecule has 0 radical (unpaired) electrons. The molecule has 0 aromatic heterocycles. The Labute approximate surface area is 110 Å². The molecular weight excluding hydrogens is 224 g/mol. The van der Waals surface area contributed by atoms with E-state index in [0.717, 1.165) is 31.9 Å². The van der Waals surface area contributed by atoms with Gasteiger partial charge in [-0.1, -0.05) is 18.2 Å². The average Bonchev–Trinajstić information content (AvgIpc) is 2.45. The Morgan fingerprint density at radius 2 is 1.78 bits per heavy atom. The molecule has 2 rings (SSSR count). The lowest BCUT2D eigenvalue weighted by molar-refractivity contribution is 0.232. The van der Waals surface area contributed by atoms with Crippen LogP contribution in [-0.4, -0.2) is 44.2 Å². The zero-order chi connectivity index (χ0) is 12.5. The minimum Gasteiger partial charge on any atom is -0.494 e. The molecule has 0 bridgehead atoms. The van der Waals surface area contributed by atoms with Crippen molar-refractivity contribution in [2.45, 2.75) is 19.3 Å². The molecule has 0 amide bonds. The van der Waals surface area contributed by atoms with Gasteiger partial charge >= 0.3 is 0 Å². The molecule has 0 unspecified atom stereocenters. The topological polar surface area (TPSA) is 24.5 Å². The van der Waals surface area contributed by atoms with Crippen LogP contribution >= 0.6 is 0 Å². The quantitative estimate of drug-likeness (QED) is 0.748. The molecule has 1 saturated heterocycles. The predicted octanol–water partition coefficient (Wildman–Crippen LogP) is 2.14. The second kappa shape index (κ2) is 8.11. The number of hydrogen-bond donors (Lipinski definition) is 1. The van der Waals surface area contributed by atoms with Crippen LogP contribution < -0.4 is 10.1 Å². The third kappa shape index (κ3) is 5.07. The van der Waals surface area contributed by atoms with Crippen molar-refractivity contribution in [1.82, 2.24) is 10.2 Å². The normalized spacial score (nSPS) is 16.7. The molecule has 0 spiro atoms. The molecule has 0 atom stereocenters. The van der Waals surface area contributed by atoms with Gasteiger partial charge in [0.2, 0.25) is 0 Å². The van der Waals surface area contributed by atoms with Crippen molar-refractivity contribution in [3.8, 4) is 5.75 Å². The highest BCUT2D eigenvalue weighted by Gasteiger charge is 2.07. The molecule has 1 fully saturated rings. The Bertz CT molecular complexity index is 310. The van der Waals surface area contributed by atoms with E-state index in [0.29, 0.717) is 0 Å². The molecule has 18 heavy (non-hydrogen) atoms. The zero-order valence-corrected chi connectivity index (χ0v) is 11.1. The Morgan fingerprint density at radius 3 is 2.56 bits per heavy atom. The van der Waals surface area contributed by atoms with Crippen molar-refractivity contribution in [3.05, 3.63) is 30.3 Å². The van der Waals surface area contributed by atoms with Crippen LogP contribution in [0, 0.1) is 0 Å². The van der Waals surface area contributed by atoms with Gasteiger partial charge in [-0.2, -0.15) is 0 Å². The molecule has 3 heteroatoms. The van der Waals surface area contributed by atoms with Gasteiger partial charge in [0, 0.05) is 26.2 Å². The van der Waals surface area contributed by atoms with Crippen LogP contribution in [-0.2, 0) is 0 Å². The Kier molecular flexibility index (Phi) is 6.03. The largest absolute Gasteiger partial charge is 0.494 e. The van der Waals surface area contributed by atoms with Gasteiger partial charge in [-0.15, -0.1) is 0 Å². The van der Waals surface area contributed by atoms with E-state index in [1.807, 2.05) is 30.3 Å². The molecular formula is C15H24N2O. The molecule has 1 aromatic rings. The van der Waals surface area contributed by atoms with E-state index in [1.54, 1.807) is 0 Å². The minimum atomic E-state index is 0.839. The van der Waals surface area contributed by atoms with Gasteiger partial charge in [0.15, 0.2) is 0 Å². The maximum Gasteiger partial charge on any atom is 0.119 e. The second-order valence-electron chi connectivity index (χ2n) is 4.81. The highest BCUT2D eigenvalue weighted by atomic mass is 16.5. The van der Waals surface area contributed by atoms with E-state index in [-0.39, 0.29) is 0 Å². The summed E-state index contributed by atoms with van der Waals surface area (Å²) in [6.07, 6.45) is 3.70. The summed E-state index contributed by atoms with van der Waals surface area (Å²) in [4.78, 5) is 2.55. The molecule has 0 aliphatic carbocycles. The van der Waals surface area contributed by atoms with E-state index in [9.17, 15) is 0 Å². The third-order valence-electron chi connectivity index (χ3n) is 3.34. The number of hydrogen-bond acceptors (Lipinski definition) is 3. The number of rotatable bonds is 7. The van der Waals surface area contributed by atoms with Gasteiger partial charge in [-0.05, 0) is 37.9 Å². The Balaban J connectivity index is 1.46. The van der Waals surface area contributed by atoms with E-state index in [2.05, 4.69) is 10.2 Å². The number of piperazine rings is 1. The van der Waals surface area contributed by atoms with Crippen LogP contribution in [0.25, 0.3) is 0 Å². The fraction of sp³-hybridized carbons (Fsp3) is 0.600. The van der Waals surface area contributed by atoms with Crippen LogP contribution in [0.5, 0.6) is 5.75 Å². The van der Waals surface area contributed by atoms with Crippen LogP contribution in [0.1, 0.15) is 19.3 Å². The monoisotopic (exact) mass is 248 g/mol. The first-order valence-corrected chi connectivity index (χ1v) is 7.06. The van der Waals surface area contributed by atoms with Gasteiger partial charge in [0.05, 0.1) is 6.61 Å². The number of unbranched alkanes of at least 4 members (excludes halogenated alkanes) is 2. The lowest BCUT2D eigenvalue weighted by atomic mass is 10.2. The van der Waals surface area contributed by atoms with Crippen LogP contribution in [0.15, 0.2) is 30.3 Å². The summed E-state index contributed by atoms with van der Waals surface area (Å²) in [5, 5.41) is 3.38. The minimum absolute atomic E-state index is 0.839. The lowest BCUT2D eigenvalue weighted by Crippen LogP contribution is -2.43. The smallest absolute Gasteiger partial charge is 0.119 e. The van der Waals surface area contributed by atoms with Gasteiger partial charge in [-0.25, -0.2) is 0 Å². The average molecular weight is 248 g/mol. The Hall–Kier alpha value is -1.06. The summed E-state index contributed by atoms with van der Waals surface area (Å²) >= 11 is 0. The fourth-order valence-electron chi connectivity index (χ4n) is 2.26. The summed E-state index contributed by atoms with van der Waals surface area (Å²) < 4.78 is 5.67. The van der Waals surface area contributed by atoms with Gasteiger partial charge < -0.3 is 15.0 Å². The maximum absolute atomic E-state index is 5.67. The highest BCUT2D eigenvalue weighted by Crippen LogP contribution is 2.09. The summed E-state index contributed by atoms with van der Waals surface area (Å²) in [6, 6.07) is 10.1. The summed E-state index contributed by atoms with van der Waals surface area (Å²) in [7, 11) is 0. The first kappa shape index (κ1) is 13.4. The van der Waals surface area contributed by atoms with Crippen molar-refractivity contribution in [3.63, 3.8) is 0 Å². The summed E-state index contributed by atoms with van der Waals surface area (Å²) in [5.41, 5.74) is 0. The third-order valence-corrected chi connectivity index (χ3v) is 3.34. The van der Waals surface area contributed by atoms with Crippen LogP contribution in [0.4, 0.5) is 0 Å². The summed E-state index contributed by atoms with van der Waals surface area (Å²) in [5.74, 6) is 0.986. The number of benzene rings is 1. The maximum atomic E-state index is 5.67. The second-order valence-corrected chi connectivity index (χ2v) is 4.81. The SMILES string of the molecule is c1ccc(OCCCCCN2CCNCC2)cc1. The molecule has 100 valence electrons. The van der Waals surface area contributed by atoms with Crippen molar-refractivity contribution < 1.29 is 4.74 Å². The van der Waals surface area contributed by atoms with Crippen molar-refractivity contribution >= 4 is 0 Å². The van der Waals surface area contributed by atoms with Gasteiger partial charge in [0.25, 0.3) is 0 Å². The molecule has 0 saturated carbocycles. The number of para-hydroxylation sites is 1. The zero-order valence-electron chi connectivity index (χ0n) is 11.1. The fourth-order valence-corrected chi connectivity index (χ4v) is 2.26. The van der Waals surface area contributed by atoms with Gasteiger partial charge in [0.1, 0.15) is 5.75 Å². The molecule has 1 N–H and O–H groups in total. The Morgan fingerprint density at radius 1 is 1.00 bits per heavy atom. The van der Waals surface area contributed by atoms with E-state index >= 15 is 0 Å². The van der Waals surface area contributed by atoms with E-state index < -0.39 is 0 Å². The van der Waals surface area contributed by atoms with Crippen molar-refractivity contribution in [1.29, 1.82) is 0 Å². The molecule has 1 heterocycles. The van der Waals surface area contributed by atoms with Crippen molar-refractivity contribution in [2.75, 3.05) is 39.3 Å². The van der Waals surface area contributed by atoms with Crippen molar-refractivity contribution in [2.24, 2.45) is 0 Å². The molecule has 1 aliphatic heterocycles. The molecule has 1 aromatic carbocycles. The van der Waals surface area contributed by atoms with E-state index in [1.165, 1.54) is 32.5 Å². The number of ether oxygens (including phenoxy) is 1. The van der Waals surface area contributed by atoms with Crippen LogP contribution in [0.2, 0.25) is 0 Å². The first-order chi connectivity index (χ1) is 8.95. The highest BCUT2D eigenvalue weighted by molar-refractivity contribution is 5.20. The molecule has 1 aliphatic rings. The standard InChI is InChI=1S/C15H24N2O/c1-3-7-15(8-4-1)18-14-6-2-5-11-17-12-9-16-10-13-17/h1,3-4,7-8,16H,2,5-6,9-14H2. The molecule has 3 nitrogen and oxygen atoms in total. The van der Waals surface area contributed by atoms with E-state index in [4.69, 9.17) is 4.74 Å². The number of nitrogens with zero attached hydrogens (tertiary/aromatic N) is 1. The van der Waals surface area contributed by atoms with Crippen LogP contribution in [0.3, 0.4) is 0 Å². The first-order valence-electron chi connectivity index (χ1n) is 7.06. The summed E-state index contributed by atoms with van der Waals surface area (Å²) in [6.45, 7) is 6.80. The predicted molar refractivity (Wildman–Crippen MR) is 75.1 cm³/mol. The lowest BCUT2D eigenvalue weighted by Gasteiger charge is -2.26.